The van der Waals surface area contributed by atoms with Gasteiger partial charge in [0.05, 0.1) is 17.3 Å². The molecule has 1 amide bonds. The summed E-state index contributed by atoms with van der Waals surface area (Å²) in [6.45, 7) is 0.0566. The van der Waals surface area contributed by atoms with E-state index in [-0.39, 0.29) is 24.3 Å². The van der Waals surface area contributed by atoms with E-state index in [1.807, 2.05) is 0 Å². The maximum absolute atomic E-state index is 13.4. The Labute approximate surface area is 162 Å². The summed E-state index contributed by atoms with van der Waals surface area (Å²) >= 11 is 0. The number of hydrogen-bond acceptors (Lipinski definition) is 4. The number of aliphatic hydroxyl groups excluding tert-OH is 1. The lowest BCUT2D eigenvalue weighted by molar-refractivity contribution is -0.138. The second-order valence-electron chi connectivity index (χ2n) is 6.92. The zero-order valence-corrected chi connectivity index (χ0v) is 15.2. The van der Waals surface area contributed by atoms with Gasteiger partial charge in [-0.05, 0) is 43.7 Å². The number of aromatic nitrogens is 3. The Balaban J connectivity index is 1.84. The molecule has 0 unspecified atom stereocenters. The predicted molar refractivity (Wildman–Crippen MR) is 92.5 cm³/mol. The smallest absolute Gasteiger partial charge is 0.396 e. The summed E-state index contributed by atoms with van der Waals surface area (Å²) in [4.78, 5) is 15.8. The molecule has 0 aliphatic heterocycles. The van der Waals surface area contributed by atoms with Crippen LogP contribution in [0.3, 0.4) is 0 Å². The maximum Gasteiger partial charge on any atom is 0.418 e. The first-order chi connectivity index (χ1) is 13.7. The molecule has 1 fully saturated rings. The number of alkyl halides is 5. The molecule has 6 nitrogen and oxygen atoms in total. The first kappa shape index (κ1) is 21.2. The SMILES string of the molecule is O=C(Nc1cn(C2CCC(CO)CC2)nc1C(F)F)c1ncccc1C(F)(F)F. The van der Waals surface area contributed by atoms with Gasteiger partial charge in [0.15, 0.2) is 5.69 Å². The number of nitrogens with zero attached hydrogens (tertiary/aromatic N) is 3. The van der Waals surface area contributed by atoms with E-state index in [1.54, 1.807) is 0 Å². The molecule has 2 N–H and O–H groups in total. The first-order valence-electron chi connectivity index (χ1n) is 9.02. The van der Waals surface area contributed by atoms with Crippen LogP contribution in [0, 0.1) is 5.92 Å². The molecule has 0 bridgehead atoms. The summed E-state index contributed by atoms with van der Waals surface area (Å²) in [7, 11) is 0. The first-order valence-corrected chi connectivity index (χ1v) is 9.02. The van der Waals surface area contributed by atoms with Gasteiger partial charge in [-0.15, -0.1) is 0 Å². The Bertz CT molecular complexity index is 860. The van der Waals surface area contributed by atoms with Crippen molar-refractivity contribution in [3.63, 3.8) is 0 Å². The van der Waals surface area contributed by atoms with Crippen molar-refractivity contribution in [1.29, 1.82) is 0 Å². The fourth-order valence-corrected chi connectivity index (χ4v) is 3.44. The monoisotopic (exact) mass is 418 g/mol. The number of aliphatic hydroxyl groups is 1. The van der Waals surface area contributed by atoms with Crippen LogP contribution in [-0.2, 0) is 6.18 Å². The molecular formula is C18H19F5N4O2. The molecule has 2 aromatic heterocycles. The Hall–Kier alpha value is -2.56. The highest BCUT2D eigenvalue weighted by Crippen LogP contribution is 2.35. The summed E-state index contributed by atoms with van der Waals surface area (Å²) in [5.41, 5.74) is -3.23. The molecule has 0 atom stereocenters. The van der Waals surface area contributed by atoms with Crippen molar-refractivity contribution in [1.82, 2.24) is 14.8 Å². The van der Waals surface area contributed by atoms with Gasteiger partial charge in [0.2, 0.25) is 0 Å². The van der Waals surface area contributed by atoms with Crippen molar-refractivity contribution in [3.8, 4) is 0 Å². The van der Waals surface area contributed by atoms with Gasteiger partial charge in [-0.1, -0.05) is 0 Å². The average Bonchev–Trinajstić information content (AvgIpc) is 3.11. The number of rotatable bonds is 5. The van der Waals surface area contributed by atoms with E-state index in [0.29, 0.717) is 31.7 Å². The maximum atomic E-state index is 13.4. The summed E-state index contributed by atoms with van der Waals surface area (Å²) in [6, 6.07) is 1.53. The third-order valence-corrected chi connectivity index (χ3v) is 4.99. The van der Waals surface area contributed by atoms with E-state index in [0.717, 1.165) is 12.3 Å². The van der Waals surface area contributed by atoms with Crippen molar-refractivity contribution in [2.75, 3.05) is 11.9 Å². The van der Waals surface area contributed by atoms with Gasteiger partial charge in [0.1, 0.15) is 5.69 Å². The van der Waals surface area contributed by atoms with Crippen LogP contribution in [0.4, 0.5) is 27.6 Å². The van der Waals surface area contributed by atoms with Crippen molar-refractivity contribution < 1.29 is 31.9 Å². The molecule has 1 aliphatic carbocycles. The van der Waals surface area contributed by atoms with Gasteiger partial charge < -0.3 is 10.4 Å². The molecule has 29 heavy (non-hydrogen) atoms. The summed E-state index contributed by atoms with van der Waals surface area (Å²) in [6.07, 6.45) is -2.98. The van der Waals surface area contributed by atoms with Crippen molar-refractivity contribution in [2.24, 2.45) is 5.92 Å². The fraction of sp³-hybridized carbons (Fsp3) is 0.500. The van der Waals surface area contributed by atoms with Crippen LogP contribution < -0.4 is 5.32 Å². The van der Waals surface area contributed by atoms with E-state index in [4.69, 9.17) is 0 Å². The molecular weight excluding hydrogens is 399 g/mol. The van der Waals surface area contributed by atoms with Crippen molar-refractivity contribution in [3.05, 3.63) is 41.5 Å². The molecule has 0 radical (unpaired) electrons. The van der Waals surface area contributed by atoms with Gasteiger partial charge in [-0.2, -0.15) is 18.3 Å². The third kappa shape index (κ3) is 4.72. The van der Waals surface area contributed by atoms with Crippen LogP contribution in [0.2, 0.25) is 0 Å². The van der Waals surface area contributed by atoms with Gasteiger partial charge >= 0.3 is 6.18 Å². The standard InChI is InChI=1S/C18H19F5N4O2/c19-16(20)15-13(8-27(26-15)11-5-3-10(9-28)4-6-11)25-17(29)14-12(18(21,22)23)2-1-7-24-14/h1-2,7-8,10-11,16,28H,3-6,9H2,(H,25,29). The zero-order chi connectivity index (χ0) is 21.2. The second kappa shape index (κ2) is 8.44. The highest BCUT2D eigenvalue weighted by Gasteiger charge is 2.36. The average molecular weight is 418 g/mol. The number of halogens is 5. The number of carbonyl (C=O) groups excluding carboxylic acids is 1. The normalized spacial score (nSPS) is 20.1. The summed E-state index contributed by atoms with van der Waals surface area (Å²) in [5.74, 6) is -1.09. The largest absolute Gasteiger partial charge is 0.418 e. The predicted octanol–water partition coefficient (Wildman–Crippen LogP) is 4.21. The third-order valence-electron chi connectivity index (χ3n) is 4.99. The van der Waals surface area contributed by atoms with E-state index >= 15 is 0 Å². The topological polar surface area (TPSA) is 80.0 Å². The molecule has 3 rings (SSSR count). The molecule has 158 valence electrons. The Morgan fingerprint density at radius 1 is 1.28 bits per heavy atom. The number of pyridine rings is 1. The highest BCUT2D eigenvalue weighted by atomic mass is 19.4. The van der Waals surface area contributed by atoms with Gasteiger partial charge in [0.25, 0.3) is 12.3 Å². The van der Waals surface area contributed by atoms with Crippen LogP contribution in [0.1, 0.15) is 59.9 Å². The molecule has 1 aliphatic rings. The summed E-state index contributed by atoms with van der Waals surface area (Å²) < 4.78 is 67.4. The molecule has 2 heterocycles. The molecule has 0 aromatic carbocycles. The van der Waals surface area contributed by atoms with E-state index in [9.17, 15) is 31.9 Å². The molecule has 11 heteroatoms. The quantitative estimate of drug-likeness (QED) is 0.713. The number of anilines is 1. The van der Waals surface area contributed by atoms with Crippen LogP contribution in [0.5, 0.6) is 0 Å². The van der Waals surface area contributed by atoms with E-state index in [1.165, 1.54) is 10.9 Å². The number of nitrogens with one attached hydrogen (secondary N) is 1. The van der Waals surface area contributed by atoms with Crippen LogP contribution in [0.25, 0.3) is 0 Å². The van der Waals surface area contributed by atoms with Crippen molar-refractivity contribution >= 4 is 11.6 Å². The van der Waals surface area contributed by atoms with E-state index < -0.39 is 35.5 Å². The Morgan fingerprint density at radius 3 is 2.55 bits per heavy atom. The molecule has 0 spiro atoms. The van der Waals surface area contributed by atoms with Gasteiger partial charge in [-0.3, -0.25) is 14.5 Å². The minimum Gasteiger partial charge on any atom is -0.396 e. The molecule has 0 saturated heterocycles. The van der Waals surface area contributed by atoms with Crippen LogP contribution in [-0.4, -0.2) is 32.4 Å². The van der Waals surface area contributed by atoms with E-state index in [2.05, 4.69) is 15.4 Å². The highest BCUT2D eigenvalue weighted by molar-refractivity contribution is 6.04. The van der Waals surface area contributed by atoms with Gasteiger partial charge in [-0.25, -0.2) is 8.78 Å². The minimum absolute atomic E-state index is 0.0566. The van der Waals surface area contributed by atoms with Crippen LogP contribution in [0.15, 0.2) is 24.5 Å². The van der Waals surface area contributed by atoms with Gasteiger partial charge in [0, 0.05) is 19.0 Å². The fourth-order valence-electron chi connectivity index (χ4n) is 3.44. The minimum atomic E-state index is -4.82. The number of amides is 1. The molecule has 1 saturated carbocycles. The number of carbonyl (C=O) groups is 1. The zero-order valence-electron chi connectivity index (χ0n) is 15.2. The lowest BCUT2D eigenvalue weighted by Gasteiger charge is -2.27. The second-order valence-corrected chi connectivity index (χ2v) is 6.92. The lowest BCUT2D eigenvalue weighted by atomic mass is 9.87. The Kier molecular flexibility index (Phi) is 6.15. The van der Waals surface area contributed by atoms with Crippen LogP contribution >= 0.6 is 0 Å². The number of hydrogen-bond donors (Lipinski definition) is 2. The lowest BCUT2D eigenvalue weighted by Crippen LogP contribution is -2.21. The molecule has 2 aromatic rings. The Morgan fingerprint density at radius 2 is 1.97 bits per heavy atom. The van der Waals surface area contributed by atoms with Crippen molar-refractivity contribution in [2.45, 2.75) is 44.3 Å². The summed E-state index contributed by atoms with van der Waals surface area (Å²) in [5, 5.41) is 15.1.